The molecule has 1 heterocycles. The number of fused-ring (bicyclic) bond motifs is 5. The van der Waals surface area contributed by atoms with Gasteiger partial charge in [-0.05, 0) is 57.7 Å². The SMILES string of the molecule is CC(=O)OC12COC1C[C@@H](O)[C@]1(C)C(=O)[C@@H](O)C3=C(C)[C@H](OC(=O)[C@@H](OC(=O)CCC(=O)O)[C@H](NC(=O)OC(C)(C)C)c4ccccc4)C[C@](O)(C[C@@H]21)C3(C)C. The summed E-state index contributed by atoms with van der Waals surface area (Å²) in [6.07, 6.45) is -10.2. The molecule has 2 bridgehead atoms. The molecule has 1 aliphatic heterocycles. The Balaban J connectivity index is 1.59. The van der Waals surface area contributed by atoms with Crippen LogP contribution in [0.1, 0.15) is 99.1 Å². The summed E-state index contributed by atoms with van der Waals surface area (Å²) in [5.74, 6) is -6.09. The lowest BCUT2D eigenvalue weighted by Gasteiger charge is -2.65. The molecule has 308 valence electrons. The smallest absolute Gasteiger partial charge is 0.408 e. The molecule has 1 amide bonds. The number of hydrogen-bond donors (Lipinski definition) is 5. The number of carboxylic acid groups (broad SMARTS) is 1. The van der Waals surface area contributed by atoms with Gasteiger partial charge in [-0.15, -0.1) is 0 Å². The molecule has 16 nitrogen and oxygen atoms in total. The Morgan fingerprint density at radius 1 is 1.02 bits per heavy atom. The van der Waals surface area contributed by atoms with Crippen molar-refractivity contribution in [2.45, 2.75) is 141 Å². The third-order valence-corrected chi connectivity index (χ3v) is 12.1. The van der Waals surface area contributed by atoms with E-state index in [1.165, 1.54) is 20.8 Å². The van der Waals surface area contributed by atoms with E-state index < -0.39 is 119 Å². The predicted molar refractivity (Wildman–Crippen MR) is 193 cm³/mol. The van der Waals surface area contributed by atoms with Gasteiger partial charge in [0.2, 0.25) is 6.10 Å². The molecule has 2 unspecified atom stereocenters. The average molecular weight is 788 g/mol. The monoisotopic (exact) mass is 787 g/mol. The van der Waals surface area contributed by atoms with E-state index in [1.54, 1.807) is 65.0 Å². The van der Waals surface area contributed by atoms with Gasteiger partial charge in [-0.25, -0.2) is 9.59 Å². The number of ether oxygens (including phenoxy) is 5. The Hall–Kier alpha value is -4.38. The lowest BCUT2D eigenvalue weighted by atomic mass is 9.46. The van der Waals surface area contributed by atoms with Crippen LogP contribution in [0.3, 0.4) is 0 Å². The van der Waals surface area contributed by atoms with Crippen molar-refractivity contribution >= 4 is 35.8 Å². The minimum Gasteiger partial charge on any atom is -0.481 e. The summed E-state index contributed by atoms with van der Waals surface area (Å²) in [5.41, 5.74) is -6.80. The zero-order valence-electron chi connectivity index (χ0n) is 33.0. The van der Waals surface area contributed by atoms with Crippen LogP contribution in [0.15, 0.2) is 41.5 Å². The molecule has 4 aliphatic rings. The maximum absolute atomic E-state index is 14.6. The molecule has 56 heavy (non-hydrogen) atoms. The van der Waals surface area contributed by atoms with E-state index in [-0.39, 0.29) is 37.0 Å². The number of rotatable bonds is 10. The highest BCUT2D eigenvalue weighted by molar-refractivity contribution is 5.93. The Morgan fingerprint density at radius 3 is 2.21 bits per heavy atom. The maximum atomic E-state index is 14.6. The second-order valence-electron chi connectivity index (χ2n) is 17.1. The molecule has 3 aliphatic carbocycles. The van der Waals surface area contributed by atoms with Gasteiger partial charge in [-0.2, -0.15) is 0 Å². The van der Waals surface area contributed by atoms with Gasteiger partial charge in [-0.3, -0.25) is 19.2 Å². The summed E-state index contributed by atoms with van der Waals surface area (Å²) in [5, 5.41) is 48.1. The van der Waals surface area contributed by atoms with Gasteiger partial charge in [0.25, 0.3) is 0 Å². The first-order chi connectivity index (χ1) is 25.9. The van der Waals surface area contributed by atoms with Gasteiger partial charge in [0.1, 0.15) is 30.0 Å². The minimum absolute atomic E-state index is 0.0518. The van der Waals surface area contributed by atoms with E-state index in [0.29, 0.717) is 5.56 Å². The number of carbonyl (C=O) groups is 6. The second-order valence-corrected chi connectivity index (χ2v) is 17.1. The molecule has 10 atom stereocenters. The lowest BCUT2D eigenvalue weighted by Crippen LogP contribution is -2.77. The Labute approximate surface area is 324 Å². The van der Waals surface area contributed by atoms with Crippen LogP contribution in [0.4, 0.5) is 4.79 Å². The average Bonchev–Trinajstić information content (AvgIpc) is 3.08. The van der Waals surface area contributed by atoms with E-state index in [0.717, 1.165) is 0 Å². The number of benzene rings is 1. The van der Waals surface area contributed by atoms with Crippen LogP contribution >= 0.6 is 0 Å². The fraction of sp³-hybridized carbons (Fsp3) is 0.650. The molecule has 5 rings (SSSR count). The molecule has 1 aromatic rings. The number of aliphatic hydroxyl groups excluding tert-OH is 2. The lowest BCUT2D eigenvalue weighted by molar-refractivity contribution is -0.327. The Bertz CT molecular complexity index is 1780. The Morgan fingerprint density at radius 2 is 1.66 bits per heavy atom. The summed E-state index contributed by atoms with van der Waals surface area (Å²) in [6, 6.07) is 6.59. The number of esters is 3. The van der Waals surface area contributed by atoms with Crippen molar-refractivity contribution < 1.29 is 72.9 Å². The zero-order valence-corrected chi connectivity index (χ0v) is 33.0. The molecular formula is C40H53NO15. The van der Waals surface area contributed by atoms with Crippen molar-refractivity contribution in [3.8, 4) is 0 Å². The first kappa shape index (κ1) is 42.8. The molecule has 16 heteroatoms. The number of Topliss-reactive ketones (excluding diaryl/α,β-unsaturated/α-hetero) is 1. The molecule has 0 radical (unpaired) electrons. The van der Waals surface area contributed by atoms with Crippen molar-refractivity contribution in [2.75, 3.05) is 6.61 Å². The maximum Gasteiger partial charge on any atom is 0.408 e. The van der Waals surface area contributed by atoms with Crippen LogP contribution in [0, 0.1) is 16.7 Å². The van der Waals surface area contributed by atoms with E-state index in [4.69, 9.17) is 23.7 Å². The fourth-order valence-electron chi connectivity index (χ4n) is 9.02. The summed E-state index contributed by atoms with van der Waals surface area (Å²) in [4.78, 5) is 79.0. The molecule has 1 saturated heterocycles. The molecular weight excluding hydrogens is 734 g/mol. The highest BCUT2D eigenvalue weighted by Crippen LogP contribution is 2.63. The number of carboxylic acids is 1. The number of aliphatic hydroxyl groups is 3. The van der Waals surface area contributed by atoms with E-state index in [9.17, 15) is 49.2 Å². The van der Waals surface area contributed by atoms with E-state index in [1.807, 2.05) is 0 Å². The number of carbonyl (C=O) groups excluding carboxylic acids is 5. The molecule has 0 spiro atoms. The number of alkyl carbamates (subject to hydrolysis) is 1. The third kappa shape index (κ3) is 7.68. The summed E-state index contributed by atoms with van der Waals surface area (Å²) in [6.45, 7) is 12.2. The first-order valence-corrected chi connectivity index (χ1v) is 18.7. The van der Waals surface area contributed by atoms with Crippen molar-refractivity contribution in [3.63, 3.8) is 0 Å². The van der Waals surface area contributed by atoms with Gasteiger partial charge < -0.3 is 49.4 Å². The third-order valence-electron chi connectivity index (χ3n) is 12.1. The van der Waals surface area contributed by atoms with Gasteiger partial charge in [0, 0.05) is 31.1 Å². The van der Waals surface area contributed by atoms with Crippen molar-refractivity contribution in [1.29, 1.82) is 0 Å². The van der Waals surface area contributed by atoms with Crippen LogP contribution < -0.4 is 5.32 Å². The molecule has 0 aromatic heterocycles. The normalized spacial score (nSPS) is 33.1. The van der Waals surface area contributed by atoms with E-state index >= 15 is 0 Å². The molecule has 5 N–H and O–H groups in total. The van der Waals surface area contributed by atoms with Crippen LogP contribution in [-0.2, 0) is 47.7 Å². The van der Waals surface area contributed by atoms with Gasteiger partial charge in [-0.1, -0.05) is 44.2 Å². The number of amides is 1. The number of hydrogen-bond acceptors (Lipinski definition) is 14. The summed E-state index contributed by atoms with van der Waals surface area (Å²) < 4.78 is 28.7. The first-order valence-electron chi connectivity index (χ1n) is 18.7. The highest BCUT2D eigenvalue weighted by atomic mass is 16.6. The Kier molecular flexibility index (Phi) is 11.6. The molecule has 2 saturated carbocycles. The zero-order chi connectivity index (χ0) is 41.8. The quantitative estimate of drug-likeness (QED) is 0.130. The van der Waals surface area contributed by atoms with Crippen LogP contribution in [0.5, 0.6) is 0 Å². The second kappa shape index (κ2) is 15.2. The molecule has 3 fully saturated rings. The topological polar surface area (TPSA) is 242 Å². The minimum atomic E-state index is -1.93. The van der Waals surface area contributed by atoms with Gasteiger partial charge in [0.15, 0.2) is 11.4 Å². The number of aliphatic carboxylic acids is 1. The standard InChI is InChI=1S/C40H53NO15/c1-20-23(53-34(49)32(54-28(46)15-14-27(44)45)30(22-12-10-9-11-13-22)41-35(50)56-36(3,4)5)17-39(51)18-24-38(8,33(48)31(47)29(20)37(39,6)7)25(43)16-26-40(24,19-52-26)55-21(2)42/h9-13,23-26,30-32,43,47,51H,14-19H2,1-8H3,(H,41,50)(H,44,45)/t23-,24-,25-,26?,30-,31+,32+,38-,39+,40?/m1/s1. The van der Waals surface area contributed by atoms with Crippen molar-refractivity contribution in [3.05, 3.63) is 47.0 Å². The highest BCUT2D eigenvalue weighted by Gasteiger charge is 2.73. The number of nitrogens with one attached hydrogen (secondary N) is 1. The van der Waals surface area contributed by atoms with Crippen LogP contribution in [-0.4, -0.2) is 110 Å². The number of ketones is 1. The van der Waals surface area contributed by atoms with Crippen LogP contribution in [0.2, 0.25) is 0 Å². The van der Waals surface area contributed by atoms with Gasteiger partial charge in [0.05, 0.1) is 36.6 Å². The predicted octanol–water partition coefficient (Wildman–Crippen LogP) is 2.84. The van der Waals surface area contributed by atoms with E-state index in [2.05, 4.69) is 5.32 Å². The molecule has 1 aromatic carbocycles. The summed E-state index contributed by atoms with van der Waals surface area (Å²) in [7, 11) is 0. The largest absolute Gasteiger partial charge is 0.481 e. The van der Waals surface area contributed by atoms with Crippen LogP contribution in [0.25, 0.3) is 0 Å². The van der Waals surface area contributed by atoms with Crippen molar-refractivity contribution in [1.82, 2.24) is 5.32 Å². The van der Waals surface area contributed by atoms with Gasteiger partial charge >= 0.3 is 30.0 Å². The van der Waals surface area contributed by atoms with Crippen molar-refractivity contribution in [2.24, 2.45) is 16.7 Å². The summed E-state index contributed by atoms with van der Waals surface area (Å²) >= 11 is 0. The fourth-order valence-corrected chi connectivity index (χ4v) is 9.02.